The van der Waals surface area contributed by atoms with E-state index < -0.39 is 30.1 Å². The van der Waals surface area contributed by atoms with Crippen molar-refractivity contribution in [3.8, 4) is 11.1 Å². The molecule has 0 radical (unpaired) electrons. The molecule has 0 aromatic heterocycles. The van der Waals surface area contributed by atoms with Crippen LogP contribution in [0.4, 0.5) is 4.79 Å². The number of alkyl carbamates (subject to hydrolysis) is 1. The van der Waals surface area contributed by atoms with E-state index in [0.717, 1.165) is 22.3 Å². The van der Waals surface area contributed by atoms with Gasteiger partial charge in [0.15, 0.2) is 6.10 Å². The maximum atomic E-state index is 12.3. The van der Waals surface area contributed by atoms with Crippen molar-refractivity contribution < 1.29 is 29.0 Å². The Balaban J connectivity index is 1.55. The van der Waals surface area contributed by atoms with Crippen molar-refractivity contribution >= 4 is 18.0 Å². The Kier molecular flexibility index (Phi) is 7.83. The molecule has 3 N–H and O–H groups in total. The van der Waals surface area contributed by atoms with Crippen LogP contribution in [0.3, 0.4) is 0 Å². The number of nitrogens with one attached hydrogen (secondary N) is 2. The van der Waals surface area contributed by atoms with E-state index in [1.54, 1.807) is 0 Å². The molecule has 1 aliphatic carbocycles. The summed E-state index contributed by atoms with van der Waals surface area (Å²) in [5.41, 5.74) is 4.47. The second-order valence-electron chi connectivity index (χ2n) is 7.62. The van der Waals surface area contributed by atoms with Gasteiger partial charge in [0.1, 0.15) is 12.6 Å². The number of hydrogen-bond acceptors (Lipinski definition) is 5. The molecule has 8 heteroatoms. The van der Waals surface area contributed by atoms with E-state index >= 15 is 0 Å². The Morgan fingerprint density at radius 3 is 2.16 bits per heavy atom. The standard InChI is InChI=1S/C24H28N2O6/c1-3-8-20(23(28)29)26-22(27)21(31-2)13-25-24(30)32-14-19-17-11-6-4-9-15(17)16-10-5-7-12-18(16)19/h4-7,9-12,19-21H,3,8,13-14H2,1-2H3,(H,25,30)(H,26,27)(H,28,29)/t20-,21?/m0/s1. The van der Waals surface area contributed by atoms with Crippen molar-refractivity contribution in [2.45, 2.75) is 37.8 Å². The summed E-state index contributed by atoms with van der Waals surface area (Å²) in [7, 11) is 1.32. The molecule has 2 aromatic carbocycles. The minimum Gasteiger partial charge on any atom is -0.480 e. The Labute approximate surface area is 186 Å². The lowest BCUT2D eigenvalue weighted by atomic mass is 9.98. The molecule has 8 nitrogen and oxygen atoms in total. The SMILES string of the molecule is CCC[C@H](NC(=O)C(CNC(=O)OCC1c2ccccc2-c2ccccc21)OC)C(=O)O. The number of methoxy groups -OCH3 is 1. The Hall–Kier alpha value is -3.39. The topological polar surface area (TPSA) is 114 Å². The summed E-state index contributed by atoms with van der Waals surface area (Å²) in [6.07, 6.45) is -0.802. The third-order valence-electron chi connectivity index (χ3n) is 5.54. The number of rotatable bonds is 10. The van der Waals surface area contributed by atoms with Crippen LogP contribution in [0.2, 0.25) is 0 Å². The molecule has 0 fully saturated rings. The van der Waals surface area contributed by atoms with Gasteiger partial charge in [-0.1, -0.05) is 61.9 Å². The van der Waals surface area contributed by atoms with Crippen LogP contribution in [0, 0.1) is 0 Å². The van der Waals surface area contributed by atoms with Crippen molar-refractivity contribution in [3.05, 3.63) is 59.7 Å². The molecule has 3 rings (SSSR count). The fraction of sp³-hybridized carbons (Fsp3) is 0.375. The fourth-order valence-corrected chi connectivity index (χ4v) is 3.92. The highest BCUT2D eigenvalue weighted by molar-refractivity contribution is 5.86. The number of fused-ring (bicyclic) bond motifs is 3. The van der Waals surface area contributed by atoms with Crippen molar-refractivity contribution in [1.82, 2.24) is 10.6 Å². The van der Waals surface area contributed by atoms with Crippen molar-refractivity contribution in [2.75, 3.05) is 20.3 Å². The average Bonchev–Trinajstić information content (AvgIpc) is 3.11. The first-order chi connectivity index (χ1) is 15.5. The van der Waals surface area contributed by atoms with Gasteiger partial charge in [0.05, 0.1) is 6.54 Å². The molecule has 0 spiro atoms. The van der Waals surface area contributed by atoms with Crippen molar-refractivity contribution in [1.29, 1.82) is 0 Å². The third kappa shape index (κ3) is 5.26. The molecular weight excluding hydrogens is 412 g/mol. The maximum absolute atomic E-state index is 12.3. The molecule has 170 valence electrons. The van der Waals surface area contributed by atoms with Gasteiger partial charge in [-0.05, 0) is 28.7 Å². The van der Waals surface area contributed by atoms with Gasteiger partial charge in [0.25, 0.3) is 5.91 Å². The molecule has 0 aliphatic heterocycles. The molecule has 0 saturated carbocycles. The van der Waals surface area contributed by atoms with E-state index in [9.17, 15) is 19.5 Å². The van der Waals surface area contributed by atoms with Crippen LogP contribution in [0.1, 0.15) is 36.8 Å². The normalized spacial score (nSPS) is 14.1. The minimum absolute atomic E-state index is 0.0694. The first-order valence-electron chi connectivity index (χ1n) is 10.6. The van der Waals surface area contributed by atoms with Gasteiger partial charge in [-0.3, -0.25) is 4.79 Å². The van der Waals surface area contributed by atoms with E-state index in [-0.39, 0.29) is 19.1 Å². The van der Waals surface area contributed by atoms with Crippen LogP contribution < -0.4 is 10.6 Å². The summed E-state index contributed by atoms with van der Waals surface area (Å²) < 4.78 is 10.6. The number of aliphatic carboxylic acids is 1. The first kappa shape index (κ1) is 23.3. The van der Waals surface area contributed by atoms with Crippen LogP contribution in [0.15, 0.2) is 48.5 Å². The zero-order chi connectivity index (χ0) is 23.1. The number of ether oxygens (including phenoxy) is 2. The second kappa shape index (κ2) is 10.8. The summed E-state index contributed by atoms with van der Waals surface area (Å²) in [6, 6.07) is 15.1. The predicted molar refractivity (Wildman–Crippen MR) is 118 cm³/mol. The van der Waals surface area contributed by atoms with Gasteiger partial charge in [-0.15, -0.1) is 0 Å². The monoisotopic (exact) mass is 440 g/mol. The summed E-state index contributed by atoms with van der Waals surface area (Å²) in [6.45, 7) is 1.84. The van der Waals surface area contributed by atoms with Crippen molar-refractivity contribution in [3.63, 3.8) is 0 Å². The number of carboxylic acids is 1. The van der Waals surface area contributed by atoms with Crippen LogP contribution in [-0.2, 0) is 19.1 Å². The zero-order valence-electron chi connectivity index (χ0n) is 18.2. The largest absolute Gasteiger partial charge is 0.480 e. The summed E-state index contributed by atoms with van der Waals surface area (Å²) in [5.74, 6) is -1.79. The van der Waals surface area contributed by atoms with Crippen LogP contribution in [0.5, 0.6) is 0 Å². The third-order valence-corrected chi connectivity index (χ3v) is 5.54. The highest BCUT2D eigenvalue weighted by Crippen LogP contribution is 2.44. The number of carbonyl (C=O) groups is 3. The van der Waals surface area contributed by atoms with Gasteiger partial charge >= 0.3 is 12.1 Å². The van der Waals surface area contributed by atoms with E-state index in [0.29, 0.717) is 12.8 Å². The lowest BCUT2D eigenvalue weighted by Gasteiger charge is -2.20. The Morgan fingerprint density at radius 1 is 1.03 bits per heavy atom. The molecule has 0 heterocycles. The molecule has 0 bridgehead atoms. The number of hydrogen-bond donors (Lipinski definition) is 3. The van der Waals surface area contributed by atoms with E-state index in [1.165, 1.54) is 7.11 Å². The second-order valence-corrected chi connectivity index (χ2v) is 7.62. The van der Waals surface area contributed by atoms with Gasteiger partial charge in [0, 0.05) is 13.0 Å². The van der Waals surface area contributed by atoms with Crippen molar-refractivity contribution in [2.24, 2.45) is 0 Å². The lowest BCUT2D eigenvalue weighted by molar-refractivity contribution is -0.144. The lowest BCUT2D eigenvalue weighted by Crippen LogP contribution is -2.49. The van der Waals surface area contributed by atoms with Gasteiger partial charge < -0.3 is 25.2 Å². The fourth-order valence-electron chi connectivity index (χ4n) is 3.92. The summed E-state index contributed by atoms with van der Waals surface area (Å²) in [4.78, 5) is 35.9. The number of benzene rings is 2. The molecule has 32 heavy (non-hydrogen) atoms. The van der Waals surface area contributed by atoms with E-state index in [1.807, 2.05) is 43.3 Å². The molecule has 1 aliphatic rings. The maximum Gasteiger partial charge on any atom is 0.407 e. The number of amides is 2. The number of carbonyl (C=O) groups excluding carboxylic acids is 2. The Morgan fingerprint density at radius 2 is 1.62 bits per heavy atom. The summed E-state index contributed by atoms with van der Waals surface area (Å²) in [5, 5.41) is 14.2. The first-order valence-corrected chi connectivity index (χ1v) is 10.6. The molecule has 2 atom stereocenters. The van der Waals surface area contributed by atoms with Gasteiger partial charge in [0.2, 0.25) is 0 Å². The van der Waals surface area contributed by atoms with Crippen LogP contribution in [0.25, 0.3) is 11.1 Å². The predicted octanol–water partition coefficient (Wildman–Crippen LogP) is 2.91. The van der Waals surface area contributed by atoms with Gasteiger partial charge in [-0.2, -0.15) is 0 Å². The smallest absolute Gasteiger partial charge is 0.407 e. The molecular formula is C24H28N2O6. The quantitative estimate of drug-likeness (QED) is 0.524. The van der Waals surface area contributed by atoms with Gasteiger partial charge in [-0.25, -0.2) is 9.59 Å². The molecule has 0 saturated heterocycles. The summed E-state index contributed by atoms with van der Waals surface area (Å²) >= 11 is 0. The Bertz CT molecular complexity index is 931. The highest BCUT2D eigenvalue weighted by atomic mass is 16.5. The van der Waals surface area contributed by atoms with Crippen LogP contribution in [-0.4, -0.2) is 55.5 Å². The molecule has 2 aromatic rings. The zero-order valence-corrected chi connectivity index (χ0v) is 18.2. The van der Waals surface area contributed by atoms with E-state index in [4.69, 9.17) is 9.47 Å². The minimum atomic E-state index is -1.11. The molecule has 1 unspecified atom stereocenters. The number of carboxylic acid groups (broad SMARTS) is 1. The van der Waals surface area contributed by atoms with Crippen LogP contribution >= 0.6 is 0 Å². The highest BCUT2D eigenvalue weighted by Gasteiger charge is 2.29. The average molecular weight is 440 g/mol. The van der Waals surface area contributed by atoms with E-state index in [2.05, 4.69) is 22.8 Å². The molecule has 2 amide bonds.